The molecule has 0 N–H and O–H groups in total. The lowest BCUT2D eigenvalue weighted by Crippen LogP contribution is -2.05. The number of hydrogen-bond donors (Lipinski definition) is 0. The van der Waals surface area contributed by atoms with Crippen LogP contribution in [0.2, 0.25) is 0 Å². The molecule has 1 aliphatic rings. The Labute approximate surface area is 63.8 Å². The molecule has 1 nitrogen and oxygen atoms in total. The predicted molar refractivity (Wildman–Crippen MR) is 43.0 cm³/mol. The third-order valence-electron chi connectivity index (χ3n) is 2.09. The quantitative estimate of drug-likeness (QED) is 0.588. The highest BCUT2D eigenvalue weighted by Crippen LogP contribution is 2.18. The van der Waals surface area contributed by atoms with Gasteiger partial charge in [-0.2, -0.15) is 0 Å². The Morgan fingerprint density at radius 1 is 1.50 bits per heavy atom. The summed E-state index contributed by atoms with van der Waals surface area (Å²) in [5, 5.41) is 0. The molecule has 0 saturated carbocycles. The van der Waals surface area contributed by atoms with Crippen molar-refractivity contribution in [1.82, 2.24) is 0 Å². The summed E-state index contributed by atoms with van der Waals surface area (Å²) in [6.45, 7) is 5.55. The summed E-state index contributed by atoms with van der Waals surface area (Å²) in [6.07, 6.45) is 5.78. The minimum absolute atomic E-state index is 0.599. The van der Waals surface area contributed by atoms with Gasteiger partial charge >= 0.3 is 0 Å². The number of ether oxygens (including phenoxy) is 1. The molecule has 0 aromatic rings. The molecule has 1 heteroatoms. The fourth-order valence-electron chi connectivity index (χ4n) is 1.39. The van der Waals surface area contributed by atoms with E-state index in [1.807, 2.05) is 0 Å². The summed E-state index contributed by atoms with van der Waals surface area (Å²) in [5.41, 5.74) is 0. The average molecular weight is 142 g/mol. The van der Waals surface area contributed by atoms with Crippen molar-refractivity contribution in [1.29, 1.82) is 0 Å². The summed E-state index contributed by atoms with van der Waals surface area (Å²) < 4.78 is 5.50. The second-order valence-electron chi connectivity index (χ2n) is 3.61. The zero-order valence-electron chi connectivity index (χ0n) is 7.10. The Hall–Kier alpha value is -0.0400. The molecule has 0 amide bonds. The van der Waals surface area contributed by atoms with Gasteiger partial charge in [-0.15, -0.1) is 0 Å². The Morgan fingerprint density at radius 3 is 2.80 bits per heavy atom. The van der Waals surface area contributed by atoms with E-state index in [4.69, 9.17) is 4.74 Å². The first-order valence-electron chi connectivity index (χ1n) is 4.40. The van der Waals surface area contributed by atoms with E-state index in [0.717, 1.165) is 12.5 Å². The van der Waals surface area contributed by atoms with Gasteiger partial charge in [0.05, 0.1) is 6.10 Å². The molecule has 0 spiro atoms. The molecule has 0 aliphatic carbocycles. The Bertz CT molecular complexity index is 82.7. The van der Waals surface area contributed by atoms with E-state index in [2.05, 4.69) is 13.8 Å². The Kier molecular flexibility index (Phi) is 3.20. The van der Waals surface area contributed by atoms with Gasteiger partial charge in [-0.25, -0.2) is 0 Å². The molecule has 0 unspecified atom stereocenters. The molecule has 0 bridgehead atoms. The zero-order chi connectivity index (χ0) is 7.40. The van der Waals surface area contributed by atoms with E-state index in [-0.39, 0.29) is 0 Å². The van der Waals surface area contributed by atoms with Crippen molar-refractivity contribution < 1.29 is 4.74 Å². The summed E-state index contributed by atoms with van der Waals surface area (Å²) in [6, 6.07) is 0. The highest BCUT2D eigenvalue weighted by Gasteiger charge is 2.14. The number of hydrogen-bond acceptors (Lipinski definition) is 1. The van der Waals surface area contributed by atoms with Crippen LogP contribution in [-0.2, 0) is 4.74 Å². The van der Waals surface area contributed by atoms with Gasteiger partial charge in [-0.1, -0.05) is 13.8 Å². The van der Waals surface area contributed by atoms with E-state index < -0.39 is 0 Å². The van der Waals surface area contributed by atoms with Crippen LogP contribution in [0.15, 0.2) is 0 Å². The molecule has 1 aliphatic heterocycles. The average Bonchev–Trinajstić information content (AvgIpc) is 2.34. The number of rotatable bonds is 3. The van der Waals surface area contributed by atoms with Crippen LogP contribution in [0.3, 0.4) is 0 Å². The van der Waals surface area contributed by atoms with Gasteiger partial charge in [0.2, 0.25) is 0 Å². The van der Waals surface area contributed by atoms with Gasteiger partial charge in [-0.05, 0) is 31.6 Å². The van der Waals surface area contributed by atoms with Crippen LogP contribution in [0.4, 0.5) is 0 Å². The van der Waals surface area contributed by atoms with E-state index in [0.29, 0.717) is 6.10 Å². The summed E-state index contributed by atoms with van der Waals surface area (Å²) in [7, 11) is 0. The summed E-state index contributed by atoms with van der Waals surface area (Å²) in [5.74, 6) is 0.837. The molecule has 10 heavy (non-hydrogen) atoms. The normalized spacial score (nSPS) is 26.1. The van der Waals surface area contributed by atoms with Crippen molar-refractivity contribution >= 4 is 0 Å². The van der Waals surface area contributed by atoms with Gasteiger partial charge in [0, 0.05) is 6.61 Å². The van der Waals surface area contributed by atoms with Crippen molar-refractivity contribution in [3.05, 3.63) is 0 Å². The maximum atomic E-state index is 5.50. The Balaban J connectivity index is 2.01. The van der Waals surface area contributed by atoms with Crippen molar-refractivity contribution in [2.45, 2.75) is 45.6 Å². The van der Waals surface area contributed by atoms with Crippen LogP contribution in [0.5, 0.6) is 0 Å². The standard InChI is InChI=1S/C9H18O/c1-8(2)5-6-9-4-3-7-10-9/h8-9H,3-7H2,1-2H3/t9-/m0/s1. The molecular weight excluding hydrogens is 124 g/mol. The van der Waals surface area contributed by atoms with E-state index >= 15 is 0 Å². The van der Waals surface area contributed by atoms with Gasteiger partial charge in [0.25, 0.3) is 0 Å². The molecule has 1 saturated heterocycles. The first-order chi connectivity index (χ1) is 4.79. The van der Waals surface area contributed by atoms with E-state index in [1.165, 1.54) is 25.7 Å². The lowest BCUT2D eigenvalue weighted by Gasteiger charge is -2.09. The molecule has 1 fully saturated rings. The molecule has 1 atom stereocenters. The lowest BCUT2D eigenvalue weighted by atomic mass is 10.0. The monoisotopic (exact) mass is 142 g/mol. The highest BCUT2D eigenvalue weighted by atomic mass is 16.5. The largest absolute Gasteiger partial charge is 0.378 e. The van der Waals surface area contributed by atoms with Crippen molar-refractivity contribution in [3.63, 3.8) is 0 Å². The first-order valence-corrected chi connectivity index (χ1v) is 4.40. The molecular formula is C9H18O. The maximum absolute atomic E-state index is 5.50. The molecule has 1 heterocycles. The fourth-order valence-corrected chi connectivity index (χ4v) is 1.39. The summed E-state index contributed by atoms with van der Waals surface area (Å²) >= 11 is 0. The van der Waals surface area contributed by atoms with Crippen molar-refractivity contribution in [2.75, 3.05) is 6.61 Å². The minimum atomic E-state index is 0.599. The van der Waals surface area contributed by atoms with Crippen molar-refractivity contribution in [2.24, 2.45) is 5.92 Å². The van der Waals surface area contributed by atoms with Gasteiger partial charge < -0.3 is 4.74 Å². The first kappa shape index (κ1) is 8.06. The van der Waals surface area contributed by atoms with Gasteiger partial charge in [-0.3, -0.25) is 0 Å². The third-order valence-corrected chi connectivity index (χ3v) is 2.09. The van der Waals surface area contributed by atoms with Crippen LogP contribution in [0, 0.1) is 5.92 Å². The van der Waals surface area contributed by atoms with E-state index in [9.17, 15) is 0 Å². The van der Waals surface area contributed by atoms with Crippen molar-refractivity contribution in [3.8, 4) is 0 Å². The second kappa shape index (κ2) is 3.97. The zero-order valence-corrected chi connectivity index (χ0v) is 7.10. The van der Waals surface area contributed by atoms with E-state index in [1.54, 1.807) is 0 Å². The summed E-state index contributed by atoms with van der Waals surface area (Å²) in [4.78, 5) is 0. The minimum Gasteiger partial charge on any atom is -0.378 e. The van der Waals surface area contributed by atoms with Gasteiger partial charge in [0.1, 0.15) is 0 Å². The fraction of sp³-hybridized carbons (Fsp3) is 1.00. The lowest BCUT2D eigenvalue weighted by molar-refractivity contribution is 0.0994. The van der Waals surface area contributed by atoms with Crippen LogP contribution in [0.25, 0.3) is 0 Å². The SMILES string of the molecule is CC(C)CC[C@@H]1CCCO1. The van der Waals surface area contributed by atoms with Crippen LogP contribution in [0.1, 0.15) is 39.5 Å². The maximum Gasteiger partial charge on any atom is 0.0576 e. The molecule has 60 valence electrons. The predicted octanol–water partition coefficient (Wildman–Crippen LogP) is 2.60. The topological polar surface area (TPSA) is 9.23 Å². The molecule has 0 aromatic heterocycles. The van der Waals surface area contributed by atoms with Crippen LogP contribution in [-0.4, -0.2) is 12.7 Å². The van der Waals surface area contributed by atoms with Crippen LogP contribution >= 0.6 is 0 Å². The molecule has 0 radical (unpaired) electrons. The second-order valence-corrected chi connectivity index (χ2v) is 3.61. The molecule has 0 aromatic carbocycles. The third kappa shape index (κ3) is 2.70. The Morgan fingerprint density at radius 2 is 2.30 bits per heavy atom. The highest BCUT2D eigenvalue weighted by molar-refractivity contribution is 4.65. The smallest absolute Gasteiger partial charge is 0.0576 e. The van der Waals surface area contributed by atoms with Gasteiger partial charge in [0.15, 0.2) is 0 Å². The van der Waals surface area contributed by atoms with Crippen LogP contribution < -0.4 is 0 Å². The molecule has 1 rings (SSSR count).